The van der Waals surface area contributed by atoms with Gasteiger partial charge in [-0.2, -0.15) is 0 Å². The molecule has 1 atom stereocenters. The Morgan fingerprint density at radius 1 is 1.50 bits per heavy atom. The van der Waals surface area contributed by atoms with Crippen molar-refractivity contribution in [1.82, 2.24) is 10.2 Å². The lowest BCUT2D eigenvalue weighted by molar-refractivity contribution is 0.0702. The van der Waals surface area contributed by atoms with Gasteiger partial charge in [-0.1, -0.05) is 6.92 Å². The molecule has 1 unspecified atom stereocenters. The van der Waals surface area contributed by atoms with Crippen molar-refractivity contribution >= 4 is 17.3 Å². The number of carbonyl (C=O) groups is 1. The van der Waals surface area contributed by atoms with E-state index in [0.717, 1.165) is 30.1 Å². The summed E-state index contributed by atoms with van der Waals surface area (Å²) in [6.07, 6.45) is 2.68. The van der Waals surface area contributed by atoms with E-state index in [-0.39, 0.29) is 0 Å². The molecular weight excluding hydrogens is 272 g/mol. The summed E-state index contributed by atoms with van der Waals surface area (Å²) in [6.45, 7) is 9.66. The van der Waals surface area contributed by atoms with Gasteiger partial charge in [-0.3, -0.25) is 0 Å². The zero-order chi connectivity index (χ0) is 14.5. The van der Waals surface area contributed by atoms with E-state index >= 15 is 0 Å². The Hall–Kier alpha value is -0.910. The van der Waals surface area contributed by atoms with Gasteiger partial charge >= 0.3 is 5.97 Å². The maximum Gasteiger partial charge on any atom is 0.345 e. The number of nitrogens with zero attached hydrogens (tertiary/aromatic N) is 1. The van der Waals surface area contributed by atoms with Gasteiger partial charge < -0.3 is 15.3 Å². The molecular formula is C15H24N2O2S. The van der Waals surface area contributed by atoms with Crippen LogP contribution in [-0.4, -0.2) is 42.2 Å². The van der Waals surface area contributed by atoms with E-state index in [1.54, 1.807) is 6.07 Å². The number of likely N-dealkylation sites (tertiary alicyclic amines) is 1. The first kappa shape index (κ1) is 15.5. The monoisotopic (exact) mass is 296 g/mol. The van der Waals surface area contributed by atoms with Crippen LogP contribution in [-0.2, 0) is 6.54 Å². The lowest BCUT2D eigenvalue weighted by Crippen LogP contribution is -2.31. The molecule has 1 saturated heterocycles. The summed E-state index contributed by atoms with van der Waals surface area (Å²) in [7, 11) is 0. The van der Waals surface area contributed by atoms with E-state index in [0.29, 0.717) is 10.8 Å². The summed E-state index contributed by atoms with van der Waals surface area (Å²) >= 11 is 1.36. The Balaban J connectivity index is 1.73. The molecule has 1 aliphatic heterocycles. The lowest BCUT2D eigenvalue weighted by Gasteiger charge is -2.20. The van der Waals surface area contributed by atoms with Crippen molar-refractivity contribution in [3.63, 3.8) is 0 Å². The molecule has 1 aliphatic rings. The number of carboxylic acid groups (broad SMARTS) is 1. The van der Waals surface area contributed by atoms with Crippen molar-refractivity contribution in [2.24, 2.45) is 5.92 Å². The molecule has 112 valence electrons. The molecule has 0 amide bonds. The third kappa shape index (κ3) is 4.30. The van der Waals surface area contributed by atoms with Crippen molar-refractivity contribution in [3.05, 3.63) is 21.4 Å². The topological polar surface area (TPSA) is 52.6 Å². The average molecular weight is 296 g/mol. The summed E-state index contributed by atoms with van der Waals surface area (Å²) in [4.78, 5) is 15.0. The van der Waals surface area contributed by atoms with E-state index in [1.807, 2.05) is 6.92 Å². The molecule has 1 aromatic rings. The Labute approximate surface area is 124 Å². The third-order valence-electron chi connectivity index (χ3n) is 3.81. The molecule has 1 aromatic heterocycles. The van der Waals surface area contributed by atoms with Crippen LogP contribution in [0, 0.1) is 12.8 Å². The lowest BCUT2D eigenvalue weighted by atomic mass is 10.1. The molecule has 20 heavy (non-hydrogen) atoms. The van der Waals surface area contributed by atoms with Gasteiger partial charge in [0.25, 0.3) is 0 Å². The highest BCUT2D eigenvalue weighted by atomic mass is 32.1. The van der Waals surface area contributed by atoms with Crippen LogP contribution in [0.15, 0.2) is 6.07 Å². The molecule has 2 heterocycles. The van der Waals surface area contributed by atoms with Crippen LogP contribution in [0.5, 0.6) is 0 Å². The number of hydrogen-bond acceptors (Lipinski definition) is 4. The molecule has 2 rings (SSSR count). The quantitative estimate of drug-likeness (QED) is 0.812. The highest BCUT2D eigenvalue weighted by Crippen LogP contribution is 2.21. The minimum absolute atomic E-state index is 0.435. The number of aryl methyl sites for hydroxylation is 1. The SMILES string of the molecule is Cc1sc(C(=O)O)cc1CNCC(C)CN1CCCC1. The Morgan fingerprint density at radius 3 is 2.80 bits per heavy atom. The normalized spacial score (nSPS) is 17.5. The number of hydrogen-bond donors (Lipinski definition) is 2. The summed E-state index contributed by atoms with van der Waals surface area (Å²) in [5, 5.41) is 12.4. The van der Waals surface area contributed by atoms with Crippen molar-refractivity contribution in [1.29, 1.82) is 0 Å². The highest BCUT2D eigenvalue weighted by Gasteiger charge is 2.15. The van der Waals surface area contributed by atoms with Gasteiger partial charge in [-0.15, -0.1) is 11.3 Å². The number of aromatic carboxylic acids is 1. The maximum atomic E-state index is 10.9. The standard InChI is InChI=1S/C15H24N2O2S/c1-11(10-17-5-3-4-6-17)8-16-9-13-7-14(15(18)19)20-12(13)2/h7,11,16H,3-6,8-10H2,1-2H3,(H,18,19). The second-order valence-corrected chi connectivity index (χ2v) is 7.00. The zero-order valence-corrected chi connectivity index (χ0v) is 13.1. The molecule has 0 spiro atoms. The predicted octanol–water partition coefficient (Wildman–Crippen LogP) is 2.58. The van der Waals surface area contributed by atoms with Crippen LogP contribution in [0.4, 0.5) is 0 Å². The Kier molecular flexibility index (Phi) is 5.57. The van der Waals surface area contributed by atoms with Gasteiger partial charge in [-0.25, -0.2) is 4.79 Å². The van der Waals surface area contributed by atoms with Crippen LogP contribution in [0.2, 0.25) is 0 Å². The molecule has 0 aromatic carbocycles. The van der Waals surface area contributed by atoms with Crippen molar-refractivity contribution in [3.8, 4) is 0 Å². The summed E-state index contributed by atoms with van der Waals surface area (Å²) in [5.41, 5.74) is 1.11. The smallest absolute Gasteiger partial charge is 0.345 e. The fraction of sp³-hybridized carbons (Fsp3) is 0.667. The van der Waals surface area contributed by atoms with Gasteiger partial charge in [0.15, 0.2) is 0 Å². The van der Waals surface area contributed by atoms with Crippen molar-refractivity contribution in [2.45, 2.75) is 33.2 Å². The first-order chi connectivity index (χ1) is 9.56. The van der Waals surface area contributed by atoms with Crippen LogP contribution >= 0.6 is 11.3 Å². The number of nitrogens with one attached hydrogen (secondary N) is 1. The second-order valence-electron chi connectivity index (χ2n) is 5.74. The van der Waals surface area contributed by atoms with Gasteiger partial charge in [0, 0.05) is 18.0 Å². The maximum absolute atomic E-state index is 10.9. The average Bonchev–Trinajstić information content (AvgIpc) is 3.00. The van der Waals surface area contributed by atoms with E-state index in [1.165, 1.54) is 37.3 Å². The number of rotatable bonds is 7. The van der Waals surface area contributed by atoms with Gasteiger partial charge in [-0.05, 0) is 56.9 Å². The molecule has 0 saturated carbocycles. The fourth-order valence-electron chi connectivity index (χ4n) is 2.72. The predicted molar refractivity (Wildman–Crippen MR) is 82.6 cm³/mol. The van der Waals surface area contributed by atoms with Gasteiger partial charge in [0.2, 0.25) is 0 Å². The molecule has 0 aliphatic carbocycles. The Morgan fingerprint density at radius 2 is 2.20 bits per heavy atom. The zero-order valence-electron chi connectivity index (χ0n) is 12.3. The van der Waals surface area contributed by atoms with Gasteiger partial charge in [0.1, 0.15) is 4.88 Å². The highest BCUT2D eigenvalue weighted by molar-refractivity contribution is 7.14. The van der Waals surface area contributed by atoms with Crippen LogP contribution in [0.25, 0.3) is 0 Å². The molecule has 4 nitrogen and oxygen atoms in total. The molecule has 1 fully saturated rings. The van der Waals surface area contributed by atoms with Gasteiger partial charge in [0.05, 0.1) is 0 Å². The largest absolute Gasteiger partial charge is 0.477 e. The number of thiophene rings is 1. The van der Waals surface area contributed by atoms with E-state index in [2.05, 4.69) is 17.1 Å². The van der Waals surface area contributed by atoms with Crippen molar-refractivity contribution < 1.29 is 9.90 Å². The minimum Gasteiger partial charge on any atom is -0.477 e. The van der Waals surface area contributed by atoms with Crippen LogP contribution in [0.1, 0.15) is 39.9 Å². The first-order valence-electron chi connectivity index (χ1n) is 7.32. The summed E-state index contributed by atoms with van der Waals surface area (Å²) in [5.74, 6) is -0.197. The molecule has 0 bridgehead atoms. The second kappa shape index (κ2) is 7.20. The molecule has 0 radical (unpaired) electrons. The van der Waals surface area contributed by atoms with E-state index in [9.17, 15) is 4.79 Å². The van der Waals surface area contributed by atoms with Crippen LogP contribution in [0.3, 0.4) is 0 Å². The molecule has 5 heteroatoms. The first-order valence-corrected chi connectivity index (χ1v) is 8.13. The van der Waals surface area contributed by atoms with Crippen molar-refractivity contribution in [2.75, 3.05) is 26.2 Å². The summed E-state index contributed by atoms with van der Waals surface area (Å²) < 4.78 is 0. The van der Waals surface area contributed by atoms with E-state index < -0.39 is 5.97 Å². The van der Waals surface area contributed by atoms with Crippen LogP contribution < -0.4 is 5.32 Å². The number of carboxylic acids is 1. The fourth-order valence-corrected chi connectivity index (χ4v) is 3.61. The summed E-state index contributed by atoms with van der Waals surface area (Å²) in [6, 6.07) is 1.79. The van der Waals surface area contributed by atoms with E-state index in [4.69, 9.17) is 5.11 Å². The molecule has 2 N–H and O–H groups in total. The minimum atomic E-state index is -0.827. The Bertz CT molecular complexity index is 453. The third-order valence-corrected chi connectivity index (χ3v) is 4.89.